The largest absolute Gasteiger partial charge is 0.383 e. The van der Waals surface area contributed by atoms with Gasteiger partial charge in [0.25, 0.3) is 0 Å². The van der Waals surface area contributed by atoms with Crippen LogP contribution < -0.4 is 5.32 Å². The molecule has 0 atom stereocenters. The maximum Gasteiger partial charge on any atom is 0.0741 e. The summed E-state index contributed by atoms with van der Waals surface area (Å²) in [7, 11) is 0. The molecule has 0 amide bonds. The van der Waals surface area contributed by atoms with Gasteiger partial charge in [-0.25, -0.2) is 0 Å². The molecule has 2 aromatic carbocycles. The Labute approximate surface area is 122 Å². The molecule has 1 N–H and O–H groups in total. The average Bonchev–Trinajstić information content (AvgIpc) is 2.62. The monoisotopic (exact) mass is 290 g/mol. The number of rotatable bonds is 1. The van der Waals surface area contributed by atoms with Crippen molar-refractivity contribution >= 4 is 34.6 Å². The molecule has 0 bridgehead atoms. The van der Waals surface area contributed by atoms with Crippen LogP contribution in [0.4, 0.5) is 5.69 Å². The number of nitrogens with zero attached hydrogens (tertiary/aromatic N) is 1. The fraction of sp³-hybridized carbons (Fsp3) is 0.133. The van der Waals surface area contributed by atoms with E-state index in [9.17, 15) is 0 Å². The van der Waals surface area contributed by atoms with Crippen LogP contribution in [0.25, 0.3) is 0 Å². The number of aliphatic imine (C=N–C) groups is 1. The Bertz CT molecular complexity index is 633. The van der Waals surface area contributed by atoms with Gasteiger partial charge in [-0.3, -0.25) is 4.99 Å². The van der Waals surface area contributed by atoms with Gasteiger partial charge in [-0.1, -0.05) is 35.3 Å². The summed E-state index contributed by atoms with van der Waals surface area (Å²) in [6, 6.07) is 13.5. The summed E-state index contributed by atoms with van der Waals surface area (Å²) in [6.07, 6.45) is 0. The van der Waals surface area contributed by atoms with Crippen LogP contribution in [0.2, 0.25) is 10.0 Å². The van der Waals surface area contributed by atoms with Crippen molar-refractivity contribution in [2.45, 2.75) is 0 Å². The van der Waals surface area contributed by atoms with Crippen molar-refractivity contribution in [3.8, 4) is 0 Å². The molecule has 0 saturated carbocycles. The van der Waals surface area contributed by atoms with Gasteiger partial charge in [0.1, 0.15) is 0 Å². The Hall–Kier alpha value is -1.51. The third-order valence-electron chi connectivity index (χ3n) is 3.05. The molecule has 0 saturated heterocycles. The Morgan fingerprint density at radius 2 is 1.68 bits per heavy atom. The topological polar surface area (TPSA) is 24.4 Å². The van der Waals surface area contributed by atoms with Crippen molar-refractivity contribution in [2.24, 2.45) is 4.99 Å². The van der Waals surface area contributed by atoms with Gasteiger partial charge < -0.3 is 5.32 Å². The molecule has 2 nitrogen and oxygen atoms in total. The Kier molecular flexibility index (Phi) is 3.45. The van der Waals surface area contributed by atoms with E-state index in [2.05, 4.69) is 10.3 Å². The van der Waals surface area contributed by atoms with Crippen LogP contribution in [0.1, 0.15) is 11.1 Å². The van der Waals surface area contributed by atoms with Crippen LogP contribution in [0.15, 0.2) is 47.5 Å². The number of hydrogen-bond acceptors (Lipinski definition) is 2. The molecule has 0 spiro atoms. The van der Waals surface area contributed by atoms with E-state index < -0.39 is 0 Å². The van der Waals surface area contributed by atoms with E-state index in [0.717, 1.165) is 40.6 Å². The molecule has 0 unspecified atom stereocenters. The summed E-state index contributed by atoms with van der Waals surface area (Å²) in [5, 5.41) is 4.80. The van der Waals surface area contributed by atoms with E-state index in [1.807, 2.05) is 42.5 Å². The highest BCUT2D eigenvalue weighted by atomic mass is 35.5. The number of hydrogen-bond donors (Lipinski definition) is 1. The molecule has 96 valence electrons. The highest BCUT2D eigenvalue weighted by molar-refractivity contribution is 6.32. The second-order valence-electron chi connectivity index (χ2n) is 4.35. The van der Waals surface area contributed by atoms with E-state index >= 15 is 0 Å². The van der Waals surface area contributed by atoms with Gasteiger partial charge in [-0.2, -0.15) is 0 Å². The lowest BCUT2D eigenvalue weighted by atomic mass is 10.0. The molecule has 1 aliphatic rings. The maximum atomic E-state index is 6.10. The van der Waals surface area contributed by atoms with E-state index in [1.165, 1.54) is 0 Å². The molecule has 2 aromatic rings. The van der Waals surface area contributed by atoms with Crippen molar-refractivity contribution in [3.63, 3.8) is 0 Å². The van der Waals surface area contributed by atoms with Crippen LogP contribution in [0, 0.1) is 0 Å². The SMILES string of the molecule is Clc1ccc(C2=NCCNc3ccc(Cl)cc32)cc1. The van der Waals surface area contributed by atoms with Gasteiger partial charge in [0.2, 0.25) is 0 Å². The summed E-state index contributed by atoms with van der Waals surface area (Å²) in [5.41, 5.74) is 4.11. The normalized spacial score (nSPS) is 14.1. The van der Waals surface area contributed by atoms with Crippen molar-refractivity contribution in [3.05, 3.63) is 63.6 Å². The Morgan fingerprint density at radius 3 is 2.47 bits per heavy atom. The van der Waals surface area contributed by atoms with Gasteiger partial charge in [-0.15, -0.1) is 0 Å². The molecule has 4 heteroatoms. The van der Waals surface area contributed by atoms with E-state index in [0.29, 0.717) is 5.02 Å². The van der Waals surface area contributed by atoms with Crippen molar-refractivity contribution in [1.82, 2.24) is 0 Å². The minimum absolute atomic E-state index is 0.712. The minimum Gasteiger partial charge on any atom is -0.383 e. The zero-order chi connectivity index (χ0) is 13.2. The van der Waals surface area contributed by atoms with Gasteiger partial charge in [0.05, 0.1) is 12.3 Å². The smallest absolute Gasteiger partial charge is 0.0741 e. The number of benzodiazepines with no additional fused rings is 1. The van der Waals surface area contributed by atoms with Gasteiger partial charge in [0.15, 0.2) is 0 Å². The van der Waals surface area contributed by atoms with Crippen LogP contribution in [-0.4, -0.2) is 18.8 Å². The number of anilines is 1. The van der Waals surface area contributed by atoms with E-state index in [1.54, 1.807) is 0 Å². The quantitative estimate of drug-likeness (QED) is 0.834. The van der Waals surface area contributed by atoms with Crippen LogP contribution in [-0.2, 0) is 0 Å². The summed E-state index contributed by atoms with van der Waals surface area (Å²) in [6.45, 7) is 1.57. The molecule has 0 fully saturated rings. The first kappa shape index (κ1) is 12.5. The minimum atomic E-state index is 0.712. The molecular weight excluding hydrogens is 279 g/mol. The molecule has 0 aromatic heterocycles. The highest BCUT2D eigenvalue weighted by Gasteiger charge is 2.14. The van der Waals surface area contributed by atoms with E-state index in [4.69, 9.17) is 23.2 Å². The van der Waals surface area contributed by atoms with Crippen molar-refractivity contribution in [2.75, 3.05) is 18.4 Å². The molecule has 0 radical (unpaired) electrons. The van der Waals surface area contributed by atoms with Crippen LogP contribution in [0.5, 0.6) is 0 Å². The third kappa shape index (κ3) is 2.60. The molecule has 1 heterocycles. The van der Waals surface area contributed by atoms with Gasteiger partial charge in [0, 0.05) is 33.4 Å². The number of fused-ring (bicyclic) bond motifs is 1. The zero-order valence-corrected chi connectivity index (χ0v) is 11.7. The van der Waals surface area contributed by atoms with Gasteiger partial charge in [-0.05, 0) is 30.3 Å². The summed E-state index contributed by atoms with van der Waals surface area (Å²) >= 11 is 12.0. The van der Waals surface area contributed by atoms with Crippen molar-refractivity contribution < 1.29 is 0 Å². The highest BCUT2D eigenvalue weighted by Crippen LogP contribution is 2.26. The van der Waals surface area contributed by atoms with Gasteiger partial charge >= 0.3 is 0 Å². The standard InChI is InChI=1S/C15H12Cl2N2/c16-11-3-1-10(2-4-11)15-13-9-12(17)5-6-14(13)18-7-8-19-15/h1-6,9,18H,7-8H2. The first-order valence-corrected chi connectivity index (χ1v) is 6.84. The predicted octanol–water partition coefficient (Wildman–Crippen LogP) is 4.26. The Morgan fingerprint density at radius 1 is 0.947 bits per heavy atom. The number of halogens is 2. The molecular formula is C15H12Cl2N2. The molecule has 19 heavy (non-hydrogen) atoms. The second kappa shape index (κ2) is 5.24. The fourth-order valence-electron chi connectivity index (χ4n) is 2.16. The number of benzene rings is 2. The lowest BCUT2D eigenvalue weighted by Crippen LogP contribution is -2.05. The first-order valence-electron chi connectivity index (χ1n) is 6.08. The maximum absolute atomic E-state index is 6.10. The summed E-state index contributed by atoms with van der Waals surface area (Å²) in [4.78, 5) is 4.66. The lowest BCUT2D eigenvalue weighted by Gasteiger charge is -2.11. The van der Waals surface area contributed by atoms with Crippen molar-refractivity contribution in [1.29, 1.82) is 0 Å². The average molecular weight is 291 g/mol. The molecule has 1 aliphatic heterocycles. The number of nitrogens with one attached hydrogen (secondary N) is 1. The summed E-state index contributed by atoms with van der Waals surface area (Å²) in [5.74, 6) is 0. The second-order valence-corrected chi connectivity index (χ2v) is 5.23. The zero-order valence-electron chi connectivity index (χ0n) is 10.2. The molecule has 0 aliphatic carbocycles. The molecule has 3 rings (SSSR count). The Balaban J connectivity index is 2.13. The third-order valence-corrected chi connectivity index (χ3v) is 3.54. The lowest BCUT2D eigenvalue weighted by molar-refractivity contribution is 1.04. The van der Waals surface area contributed by atoms with Crippen LogP contribution >= 0.6 is 23.2 Å². The fourth-order valence-corrected chi connectivity index (χ4v) is 2.46. The predicted molar refractivity (Wildman–Crippen MR) is 81.9 cm³/mol. The van der Waals surface area contributed by atoms with Crippen LogP contribution in [0.3, 0.4) is 0 Å². The first-order chi connectivity index (χ1) is 9.24. The van der Waals surface area contributed by atoms with E-state index in [-0.39, 0.29) is 0 Å². The summed E-state index contributed by atoms with van der Waals surface area (Å²) < 4.78 is 0.